The van der Waals surface area contributed by atoms with E-state index < -0.39 is 0 Å². The van der Waals surface area contributed by atoms with Crippen molar-refractivity contribution in [3.05, 3.63) is 44.8 Å². The highest BCUT2D eigenvalue weighted by molar-refractivity contribution is 9.11. The molecule has 0 spiro atoms. The van der Waals surface area contributed by atoms with Crippen molar-refractivity contribution in [2.24, 2.45) is 0 Å². The van der Waals surface area contributed by atoms with Gasteiger partial charge in [-0.3, -0.25) is 4.79 Å². The zero-order chi connectivity index (χ0) is 17.8. The second kappa shape index (κ2) is 8.47. The number of anilines is 1. The van der Waals surface area contributed by atoms with Gasteiger partial charge < -0.3 is 14.8 Å². The molecule has 0 saturated heterocycles. The normalized spacial score (nSPS) is 13.2. The number of amides is 1. The molecule has 1 aliphatic rings. The van der Waals surface area contributed by atoms with Crippen LogP contribution in [0.1, 0.15) is 12.0 Å². The maximum absolute atomic E-state index is 12.3. The van der Waals surface area contributed by atoms with Crippen LogP contribution in [0.4, 0.5) is 5.69 Å². The van der Waals surface area contributed by atoms with Crippen molar-refractivity contribution < 1.29 is 14.3 Å². The molecule has 2 aromatic carbocycles. The van der Waals surface area contributed by atoms with Crippen molar-refractivity contribution in [3.8, 4) is 11.5 Å². The second-order valence-corrected chi connectivity index (χ2v) is 8.36. The monoisotopic (exact) mass is 485 g/mol. The van der Waals surface area contributed by atoms with Crippen LogP contribution in [0.15, 0.2) is 44.2 Å². The molecule has 132 valence electrons. The maximum atomic E-state index is 12.3. The van der Waals surface area contributed by atoms with E-state index in [1.165, 1.54) is 11.8 Å². The summed E-state index contributed by atoms with van der Waals surface area (Å²) in [7, 11) is 0. The number of ether oxygens (including phenoxy) is 2. The highest BCUT2D eigenvalue weighted by Gasteiger charge is 2.13. The largest absolute Gasteiger partial charge is 0.490 e. The number of carbonyl (C=O) groups is 1. The third-order valence-electron chi connectivity index (χ3n) is 3.54. The molecule has 0 aliphatic carbocycles. The van der Waals surface area contributed by atoms with E-state index in [1.54, 1.807) is 0 Å². The number of aryl methyl sites for hydroxylation is 1. The second-order valence-electron chi connectivity index (χ2n) is 5.60. The van der Waals surface area contributed by atoms with Gasteiger partial charge in [-0.05, 0) is 74.7 Å². The van der Waals surface area contributed by atoms with Crippen LogP contribution in [-0.4, -0.2) is 24.9 Å². The van der Waals surface area contributed by atoms with Crippen LogP contribution in [0.5, 0.6) is 11.5 Å². The average Bonchev–Trinajstić information content (AvgIpc) is 2.81. The summed E-state index contributed by atoms with van der Waals surface area (Å²) in [6.07, 6.45) is 0.875. The Bertz CT molecular complexity index is 775. The Hall–Kier alpha value is -1.18. The molecule has 2 aromatic rings. The summed E-state index contributed by atoms with van der Waals surface area (Å²) >= 11 is 8.44. The lowest BCUT2D eigenvalue weighted by molar-refractivity contribution is -0.113. The van der Waals surface area contributed by atoms with Gasteiger partial charge in [0, 0.05) is 20.3 Å². The number of fused-ring (bicyclic) bond motifs is 1. The van der Waals surface area contributed by atoms with E-state index in [0.29, 0.717) is 19.0 Å². The van der Waals surface area contributed by atoms with Crippen molar-refractivity contribution in [2.75, 3.05) is 24.3 Å². The quantitative estimate of drug-likeness (QED) is 0.586. The Morgan fingerprint density at radius 1 is 1.12 bits per heavy atom. The lowest BCUT2D eigenvalue weighted by Crippen LogP contribution is -2.14. The van der Waals surface area contributed by atoms with E-state index in [0.717, 1.165) is 43.0 Å². The van der Waals surface area contributed by atoms with Crippen LogP contribution in [0.2, 0.25) is 0 Å². The van der Waals surface area contributed by atoms with Crippen molar-refractivity contribution >= 4 is 55.2 Å². The molecule has 1 amide bonds. The molecule has 0 aromatic heterocycles. The van der Waals surface area contributed by atoms with Gasteiger partial charge in [0.25, 0.3) is 0 Å². The molecule has 0 unspecified atom stereocenters. The van der Waals surface area contributed by atoms with Crippen LogP contribution in [0, 0.1) is 6.92 Å². The van der Waals surface area contributed by atoms with Crippen LogP contribution < -0.4 is 14.8 Å². The number of nitrogens with one attached hydrogen (secondary N) is 1. The van der Waals surface area contributed by atoms with Gasteiger partial charge in [-0.1, -0.05) is 0 Å². The summed E-state index contributed by atoms with van der Waals surface area (Å²) in [4.78, 5) is 13.3. The zero-order valence-electron chi connectivity index (χ0n) is 13.6. The molecule has 0 atom stereocenters. The highest BCUT2D eigenvalue weighted by atomic mass is 79.9. The molecular formula is C18H17Br2NO3S. The first-order valence-electron chi connectivity index (χ1n) is 7.81. The predicted octanol–water partition coefficient (Wildman–Crippen LogP) is 5.41. The van der Waals surface area contributed by atoms with Gasteiger partial charge in [-0.25, -0.2) is 0 Å². The van der Waals surface area contributed by atoms with Crippen molar-refractivity contribution in [1.29, 1.82) is 0 Å². The average molecular weight is 487 g/mol. The summed E-state index contributed by atoms with van der Waals surface area (Å²) in [5, 5.41) is 2.94. The van der Waals surface area contributed by atoms with Crippen LogP contribution in [-0.2, 0) is 4.79 Å². The molecule has 1 aliphatic heterocycles. The maximum Gasteiger partial charge on any atom is 0.234 e. The molecule has 0 bridgehead atoms. The number of thioether (sulfide) groups is 1. The Kier molecular flexibility index (Phi) is 6.30. The number of hydrogen-bond acceptors (Lipinski definition) is 4. The third kappa shape index (κ3) is 4.92. The first-order chi connectivity index (χ1) is 12.0. The Morgan fingerprint density at radius 2 is 1.80 bits per heavy atom. The molecule has 1 heterocycles. The minimum absolute atomic E-state index is 0.0673. The van der Waals surface area contributed by atoms with Crippen LogP contribution >= 0.6 is 43.6 Å². The van der Waals surface area contributed by atoms with E-state index in [-0.39, 0.29) is 5.91 Å². The van der Waals surface area contributed by atoms with E-state index >= 15 is 0 Å². The smallest absolute Gasteiger partial charge is 0.234 e. The third-order valence-corrected chi connectivity index (χ3v) is 5.78. The standard InChI is InChI=1S/C18H17Br2NO3S/c1-11-7-13(19)18(14(20)8-11)21-17(22)10-25-12-3-4-15-16(9-12)24-6-2-5-23-15/h3-4,7-9H,2,5-6,10H2,1H3,(H,21,22). The van der Waals surface area contributed by atoms with Gasteiger partial charge in [0.2, 0.25) is 5.91 Å². The Labute approximate surface area is 167 Å². The molecule has 3 rings (SSSR count). The van der Waals surface area contributed by atoms with E-state index in [4.69, 9.17) is 9.47 Å². The number of hydrogen-bond donors (Lipinski definition) is 1. The summed E-state index contributed by atoms with van der Waals surface area (Å²) in [5.74, 6) is 1.75. The predicted molar refractivity (Wildman–Crippen MR) is 108 cm³/mol. The Morgan fingerprint density at radius 3 is 2.52 bits per heavy atom. The molecular weight excluding hydrogens is 470 g/mol. The van der Waals surface area contributed by atoms with Crippen molar-refractivity contribution in [1.82, 2.24) is 0 Å². The van der Waals surface area contributed by atoms with Crippen molar-refractivity contribution in [2.45, 2.75) is 18.2 Å². The van der Waals surface area contributed by atoms with Crippen LogP contribution in [0.3, 0.4) is 0 Å². The molecule has 0 saturated carbocycles. The summed E-state index contributed by atoms with van der Waals surface area (Å²) < 4.78 is 13.0. The SMILES string of the molecule is Cc1cc(Br)c(NC(=O)CSc2ccc3c(c2)OCCCO3)c(Br)c1. The lowest BCUT2D eigenvalue weighted by Gasteiger charge is -2.11. The van der Waals surface area contributed by atoms with E-state index in [2.05, 4.69) is 37.2 Å². The number of rotatable bonds is 4. The van der Waals surface area contributed by atoms with Gasteiger partial charge in [-0.15, -0.1) is 11.8 Å². The number of halogens is 2. The van der Waals surface area contributed by atoms with Gasteiger partial charge in [0.1, 0.15) is 0 Å². The van der Waals surface area contributed by atoms with Gasteiger partial charge >= 0.3 is 0 Å². The summed E-state index contributed by atoms with van der Waals surface area (Å²) in [5.41, 5.74) is 1.85. The van der Waals surface area contributed by atoms with Gasteiger partial charge in [-0.2, -0.15) is 0 Å². The molecule has 1 N–H and O–H groups in total. The zero-order valence-corrected chi connectivity index (χ0v) is 17.6. The van der Waals surface area contributed by atoms with Gasteiger partial charge in [0.15, 0.2) is 11.5 Å². The van der Waals surface area contributed by atoms with Crippen LogP contribution in [0.25, 0.3) is 0 Å². The highest BCUT2D eigenvalue weighted by Crippen LogP contribution is 2.35. The summed E-state index contributed by atoms with van der Waals surface area (Å²) in [6, 6.07) is 9.71. The lowest BCUT2D eigenvalue weighted by atomic mass is 10.2. The topological polar surface area (TPSA) is 47.6 Å². The molecule has 4 nitrogen and oxygen atoms in total. The molecule has 0 radical (unpaired) electrons. The first kappa shape index (κ1) is 18.6. The molecule has 7 heteroatoms. The fourth-order valence-corrected chi connectivity index (χ4v) is 4.72. The molecule has 0 fully saturated rings. The number of benzene rings is 2. The summed E-state index contributed by atoms with van der Waals surface area (Å²) in [6.45, 7) is 3.32. The minimum atomic E-state index is -0.0673. The molecule has 25 heavy (non-hydrogen) atoms. The van der Waals surface area contributed by atoms with E-state index in [1.807, 2.05) is 37.3 Å². The van der Waals surface area contributed by atoms with Gasteiger partial charge in [0.05, 0.1) is 24.7 Å². The first-order valence-corrected chi connectivity index (χ1v) is 10.4. The fourth-order valence-electron chi connectivity index (χ4n) is 2.38. The fraction of sp³-hybridized carbons (Fsp3) is 0.278. The minimum Gasteiger partial charge on any atom is -0.490 e. The Balaban J connectivity index is 1.62. The van der Waals surface area contributed by atoms with E-state index in [9.17, 15) is 4.79 Å². The van der Waals surface area contributed by atoms with Crippen molar-refractivity contribution in [3.63, 3.8) is 0 Å². The number of carbonyl (C=O) groups excluding carboxylic acids is 1.